The quantitative estimate of drug-likeness (QED) is 0.209. The Kier molecular flexibility index (Phi) is 7.80. The van der Waals surface area contributed by atoms with Gasteiger partial charge in [0, 0.05) is 27.1 Å². The van der Waals surface area contributed by atoms with Crippen LogP contribution in [0.2, 0.25) is 0 Å². The molecule has 0 radical (unpaired) electrons. The SMILES string of the molecule is COc1cc(Br)c(/C=N/NC(=O)c2ccc(COc3ccc(-n4c(C)ccc4C)cc3)o2)cc1OC. The summed E-state index contributed by atoms with van der Waals surface area (Å²) in [6.45, 7) is 4.33. The van der Waals surface area contributed by atoms with E-state index in [-0.39, 0.29) is 12.4 Å². The second-order valence-corrected chi connectivity index (χ2v) is 8.78. The van der Waals surface area contributed by atoms with E-state index in [2.05, 4.69) is 57.0 Å². The zero-order chi connectivity index (χ0) is 25.7. The van der Waals surface area contributed by atoms with E-state index in [1.165, 1.54) is 17.6 Å². The second kappa shape index (κ2) is 11.2. The number of rotatable bonds is 9. The number of carbonyl (C=O) groups is 1. The van der Waals surface area contributed by atoms with Crippen molar-refractivity contribution in [3.05, 3.63) is 93.6 Å². The molecule has 0 saturated heterocycles. The summed E-state index contributed by atoms with van der Waals surface area (Å²) in [6.07, 6.45) is 1.50. The van der Waals surface area contributed by atoms with E-state index >= 15 is 0 Å². The molecule has 0 atom stereocenters. The van der Waals surface area contributed by atoms with Gasteiger partial charge in [0.05, 0.1) is 20.4 Å². The van der Waals surface area contributed by atoms with E-state index in [1.807, 2.05) is 24.3 Å². The van der Waals surface area contributed by atoms with Crippen molar-refractivity contribution in [3.8, 4) is 22.9 Å². The molecule has 9 heteroatoms. The normalized spacial score (nSPS) is 11.0. The molecule has 0 saturated carbocycles. The van der Waals surface area contributed by atoms with Gasteiger partial charge in [0.1, 0.15) is 18.1 Å². The van der Waals surface area contributed by atoms with Crippen molar-refractivity contribution in [1.29, 1.82) is 0 Å². The molecule has 1 amide bonds. The number of nitrogens with one attached hydrogen (secondary N) is 1. The predicted octanol–water partition coefficient (Wildman–Crippen LogP) is 5.81. The molecule has 2 heterocycles. The molecule has 1 N–H and O–H groups in total. The smallest absolute Gasteiger partial charge is 0.307 e. The topological polar surface area (TPSA) is 87.2 Å². The third-order valence-electron chi connectivity index (χ3n) is 5.51. The standard InChI is InChI=1S/C27H26BrN3O5/c1-17-5-6-18(2)31(17)20-7-9-21(10-8-20)35-16-22-11-12-24(36-22)27(32)30-29-15-19-13-25(33-3)26(34-4)14-23(19)28/h5-15H,16H2,1-4H3,(H,30,32)/b29-15+. The van der Waals surface area contributed by atoms with E-state index in [9.17, 15) is 4.79 Å². The first-order valence-corrected chi connectivity index (χ1v) is 11.9. The first kappa shape index (κ1) is 25.1. The van der Waals surface area contributed by atoms with Crippen molar-refractivity contribution < 1.29 is 23.4 Å². The van der Waals surface area contributed by atoms with Crippen LogP contribution in [0.4, 0.5) is 0 Å². The van der Waals surface area contributed by atoms with Crippen LogP contribution in [0.3, 0.4) is 0 Å². The average molecular weight is 552 g/mol. The zero-order valence-electron chi connectivity index (χ0n) is 20.4. The Hall–Kier alpha value is -3.98. The van der Waals surface area contributed by atoms with Gasteiger partial charge in [-0.2, -0.15) is 5.10 Å². The molecule has 4 aromatic rings. The Morgan fingerprint density at radius 2 is 1.67 bits per heavy atom. The fraction of sp³-hybridized carbons (Fsp3) is 0.185. The maximum Gasteiger partial charge on any atom is 0.307 e. The summed E-state index contributed by atoms with van der Waals surface area (Å²) < 4.78 is 24.9. The molecule has 0 spiro atoms. The summed E-state index contributed by atoms with van der Waals surface area (Å²) >= 11 is 3.45. The summed E-state index contributed by atoms with van der Waals surface area (Å²) in [5, 5.41) is 4.01. The molecule has 0 aliphatic rings. The summed E-state index contributed by atoms with van der Waals surface area (Å²) in [5.41, 5.74) is 6.57. The van der Waals surface area contributed by atoms with Gasteiger partial charge in [0.25, 0.3) is 0 Å². The van der Waals surface area contributed by atoms with Crippen molar-refractivity contribution in [2.45, 2.75) is 20.5 Å². The first-order chi connectivity index (χ1) is 17.4. The molecule has 0 bridgehead atoms. The Balaban J connectivity index is 1.33. The summed E-state index contributed by atoms with van der Waals surface area (Å²) in [6, 6.07) is 18.8. The fourth-order valence-electron chi connectivity index (χ4n) is 3.68. The highest BCUT2D eigenvalue weighted by atomic mass is 79.9. The van der Waals surface area contributed by atoms with Crippen LogP contribution < -0.4 is 19.6 Å². The van der Waals surface area contributed by atoms with Gasteiger partial charge in [-0.15, -0.1) is 0 Å². The lowest BCUT2D eigenvalue weighted by Gasteiger charge is -2.10. The van der Waals surface area contributed by atoms with Crippen molar-refractivity contribution in [3.63, 3.8) is 0 Å². The van der Waals surface area contributed by atoms with Crippen LogP contribution in [0.25, 0.3) is 5.69 Å². The molecule has 0 aliphatic heterocycles. The molecule has 0 aliphatic carbocycles. The van der Waals surface area contributed by atoms with Gasteiger partial charge in [-0.3, -0.25) is 4.79 Å². The number of carbonyl (C=O) groups excluding carboxylic acids is 1. The highest BCUT2D eigenvalue weighted by molar-refractivity contribution is 9.10. The lowest BCUT2D eigenvalue weighted by Crippen LogP contribution is -2.16. The van der Waals surface area contributed by atoms with Crippen LogP contribution in [0.5, 0.6) is 17.2 Å². The van der Waals surface area contributed by atoms with Crippen LogP contribution in [0.1, 0.15) is 33.3 Å². The van der Waals surface area contributed by atoms with Crippen molar-refractivity contribution in [1.82, 2.24) is 9.99 Å². The number of benzene rings is 2. The van der Waals surface area contributed by atoms with Crippen LogP contribution >= 0.6 is 15.9 Å². The minimum absolute atomic E-state index is 0.131. The van der Waals surface area contributed by atoms with Crippen LogP contribution in [-0.4, -0.2) is 30.9 Å². The first-order valence-electron chi connectivity index (χ1n) is 11.1. The van der Waals surface area contributed by atoms with Gasteiger partial charge < -0.3 is 23.2 Å². The van der Waals surface area contributed by atoms with E-state index < -0.39 is 5.91 Å². The van der Waals surface area contributed by atoms with Crippen molar-refractivity contribution >= 4 is 28.1 Å². The Morgan fingerprint density at radius 1 is 1.00 bits per heavy atom. The Labute approximate surface area is 217 Å². The molecule has 186 valence electrons. The summed E-state index contributed by atoms with van der Waals surface area (Å²) in [4.78, 5) is 12.4. The highest BCUT2D eigenvalue weighted by Crippen LogP contribution is 2.32. The highest BCUT2D eigenvalue weighted by Gasteiger charge is 2.12. The number of halogens is 1. The van der Waals surface area contributed by atoms with Crippen LogP contribution in [0, 0.1) is 13.8 Å². The van der Waals surface area contributed by atoms with E-state index in [4.69, 9.17) is 18.6 Å². The number of furan rings is 1. The molecular formula is C27H26BrN3O5. The molecule has 0 fully saturated rings. The average Bonchev–Trinajstić information content (AvgIpc) is 3.50. The summed E-state index contributed by atoms with van der Waals surface area (Å²) in [5.74, 6) is 2.01. The number of amides is 1. The zero-order valence-corrected chi connectivity index (χ0v) is 22.0. The van der Waals surface area contributed by atoms with Crippen molar-refractivity contribution in [2.24, 2.45) is 5.10 Å². The lowest BCUT2D eigenvalue weighted by molar-refractivity contribution is 0.0923. The molecule has 8 nitrogen and oxygen atoms in total. The van der Waals surface area contributed by atoms with Gasteiger partial charge in [0.2, 0.25) is 0 Å². The Bertz CT molecular complexity index is 1370. The molecule has 2 aromatic heterocycles. The van der Waals surface area contributed by atoms with Crippen molar-refractivity contribution in [2.75, 3.05) is 14.2 Å². The number of hydrazone groups is 1. The number of hydrogen-bond donors (Lipinski definition) is 1. The van der Waals surface area contributed by atoms with E-state index in [0.717, 1.165) is 10.2 Å². The fourth-order valence-corrected chi connectivity index (χ4v) is 4.11. The number of aromatic nitrogens is 1. The van der Waals surface area contributed by atoms with Crippen LogP contribution in [-0.2, 0) is 6.61 Å². The molecule has 0 unspecified atom stereocenters. The monoisotopic (exact) mass is 551 g/mol. The third-order valence-corrected chi connectivity index (χ3v) is 6.19. The molecular weight excluding hydrogens is 526 g/mol. The lowest BCUT2D eigenvalue weighted by atomic mass is 10.2. The van der Waals surface area contributed by atoms with Gasteiger partial charge in [-0.25, -0.2) is 5.43 Å². The number of methoxy groups -OCH3 is 2. The third kappa shape index (κ3) is 5.63. The number of hydrogen-bond acceptors (Lipinski definition) is 6. The minimum atomic E-state index is -0.476. The summed E-state index contributed by atoms with van der Waals surface area (Å²) in [7, 11) is 3.11. The predicted molar refractivity (Wildman–Crippen MR) is 141 cm³/mol. The number of ether oxygens (including phenoxy) is 3. The molecule has 4 rings (SSSR count). The Morgan fingerprint density at radius 3 is 2.33 bits per heavy atom. The number of nitrogens with zero attached hydrogens (tertiary/aromatic N) is 2. The van der Waals surface area contributed by atoms with E-state index in [1.54, 1.807) is 38.5 Å². The largest absolute Gasteiger partial charge is 0.493 e. The van der Waals surface area contributed by atoms with Gasteiger partial charge in [0.15, 0.2) is 17.3 Å². The second-order valence-electron chi connectivity index (χ2n) is 7.93. The molecule has 36 heavy (non-hydrogen) atoms. The van der Waals surface area contributed by atoms with Gasteiger partial charge >= 0.3 is 5.91 Å². The van der Waals surface area contributed by atoms with Crippen LogP contribution in [0.15, 0.2) is 74.7 Å². The van der Waals surface area contributed by atoms with E-state index in [0.29, 0.717) is 28.6 Å². The maximum atomic E-state index is 12.4. The maximum absolute atomic E-state index is 12.4. The number of aryl methyl sites for hydroxylation is 2. The minimum Gasteiger partial charge on any atom is -0.493 e. The van der Waals surface area contributed by atoms with Gasteiger partial charge in [-0.05, 0) is 90.4 Å². The van der Waals surface area contributed by atoms with Gasteiger partial charge in [-0.1, -0.05) is 0 Å². The molecule has 2 aromatic carbocycles.